The van der Waals surface area contributed by atoms with Gasteiger partial charge in [-0.1, -0.05) is 30.4 Å². The van der Waals surface area contributed by atoms with Crippen molar-refractivity contribution in [1.29, 1.82) is 0 Å². The van der Waals surface area contributed by atoms with Crippen molar-refractivity contribution in [1.82, 2.24) is 10.6 Å². The third kappa shape index (κ3) is 6.96. The Labute approximate surface area is 138 Å². The maximum Gasteiger partial charge on any atom is 0.251 e. The molecule has 0 bridgehead atoms. The van der Waals surface area contributed by atoms with Crippen molar-refractivity contribution in [2.75, 3.05) is 13.1 Å². The Morgan fingerprint density at radius 1 is 1.00 bits per heavy atom. The molecule has 4 heteroatoms. The van der Waals surface area contributed by atoms with E-state index in [1.165, 1.54) is 0 Å². The predicted octanol–water partition coefficient (Wildman–Crippen LogP) is 3.31. The summed E-state index contributed by atoms with van der Waals surface area (Å²) in [6.45, 7) is 6.82. The van der Waals surface area contributed by atoms with E-state index in [-0.39, 0.29) is 11.8 Å². The summed E-state index contributed by atoms with van der Waals surface area (Å²) in [7, 11) is 0. The molecule has 1 aromatic rings. The Morgan fingerprint density at radius 2 is 1.61 bits per heavy atom. The SMILES string of the molecule is C/C=C/c1ccc(C(=O)NCCCCNC(=O)/C(C)=C/C)cc1. The van der Waals surface area contributed by atoms with E-state index in [9.17, 15) is 9.59 Å². The van der Waals surface area contributed by atoms with Gasteiger partial charge in [0.15, 0.2) is 0 Å². The van der Waals surface area contributed by atoms with Crippen LogP contribution < -0.4 is 10.6 Å². The fourth-order valence-corrected chi connectivity index (χ4v) is 1.96. The largest absolute Gasteiger partial charge is 0.352 e. The molecule has 0 fully saturated rings. The summed E-state index contributed by atoms with van der Waals surface area (Å²) < 4.78 is 0. The normalized spacial score (nSPS) is 11.5. The number of hydrogen-bond acceptors (Lipinski definition) is 2. The highest BCUT2D eigenvalue weighted by atomic mass is 16.2. The highest BCUT2D eigenvalue weighted by Gasteiger charge is 2.04. The first-order valence-corrected chi connectivity index (χ1v) is 8.00. The van der Waals surface area contributed by atoms with E-state index in [0.717, 1.165) is 24.0 Å². The monoisotopic (exact) mass is 314 g/mol. The first kappa shape index (κ1) is 18.7. The second-order valence-corrected chi connectivity index (χ2v) is 5.31. The molecule has 0 unspecified atom stereocenters. The maximum atomic E-state index is 12.0. The van der Waals surface area contributed by atoms with Gasteiger partial charge in [-0.15, -0.1) is 0 Å². The van der Waals surface area contributed by atoms with Crippen LogP contribution in [0, 0.1) is 0 Å². The fraction of sp³-hybridized carbons (Fsp3) is 0.368. The molecule has 0 heterocycles. The lowest BCUT2D eigenvalue weighted by Gasteiger charge is -2.07. The molecule has 0 atom stereocenters. The molecule has 2 N–H and O–H groups in total. The van der Waals surface area contributed by atoms with Crippen molar-refractivity contribution >= 4 is 17.9 Å². The van der Waals surface area contributed by atoms with Crippen molar-refractivity contribution in [2.45, 2.75) is 33.6 Å². The molecule has 1 aromatic carbocycles. The number of hydrogen-bond donors (Lipinski definition) is 2. The van der Waals surface area contributed by atoms with Gasteiger partial charge in [0, 0.05) is 24.2 Å². The minimum atomic E-state index is -0.0641. The third-order valence-electron chi connectivity index (χ3n) is 3.50. The Bertz CT molecular complexity index is 572. The molecule has 0 saturated heterocycles. The fourth-order valence-electron chi connectivity index (χ4n) is 1.96. The van der Waals surface area contributed by atoms with E-state index < -0.39 is 0 Å². The molecule has 0 aliphatic carbocycles. The van der Waals surface area contributed by atoms with Gasteiger partial charge in [-0.05, 0) is 51.3 Å². The Kier molecular flexibility index (Phi) is 8.43. The Hall–Kier alpha value is -2.36. The van der Waals surface area contributed by atoms with Crippen LogP contribution in [0.25, 0.3) is 6.08 Å². The van der Waals surface area contributed by atoms with Crippen LogP contribution in [0.1, 0.15) is 49.5 Å². The highest BCUT2D eigenvalue weighted by Crippen LogP contribution is 2.06. The van der Waals surface area contributed by atoms with Crippen LogP contribution >= 0.6 is 0 Å². The maximum absolute atomic E-state index is 12.0. The average Bonchev–Trinajstić information content (AvgIpc) is 2.57. The van der Waals surface area contributed by atoms with E-state index in [4.69, 9.17) is 0 Å². The molecule has 0 aliphatic rings. The van der Waals surface area contributed by atoms with Crippen LogP contribution in [0.3, 0.4) is 0 Å². The molecule has 2 amide bonds. The van der Waals surface area contributed by atoms with Gasteiger partial charge in [0.05, 0.1) is 0 Å². The number of unbranched alkanes of at least 4 members (excludes halogenated alkanes) is 1. The second kappa shape index (κ2) is 10.4. The van der Waals surface area contributed by atoms with Crippen molar-refractivity contribution in [3.63, 3.8) is 0 Å². The lowest BCUT2D eigenvalue weighted by atomic mass is 10.1. The van der Waals surface area contributed by atoms with E-state index in [0.29, 0.717) is 18.7 Å². The second-order valence-electron chi connectivity index (χ2n) is 5.31. The first-order valence-electron chi connectivity index (χ1n) is 8.00. The van der Waals surface area contributed by atoms with E-state index >= 15 is 0 Å². The lowest BCUT2D eigenvalue weighted by Crippen LogP contribution is -2.27. The number of carbonyl (C=O) groups is 2. The smallest absolute Gasteiger partial charge is 0.251 e. The van der Waals surface area contributed by atoms with Gasteiger partial charge in [0.1, 0.15) is 0 Å². The third-order valence-corrected chi connectivity index (χ3v) is 3.50. The number of benzene rings is 1. The number of amides is 2. The number of carbonyl (C=O) groups excluding carboxylic acids is 2. The summed E-state index contributed by atoms with van der Waals surface area (Å²) in [6.07, 6.45) is 7.41. The van der Waals surface area contributed by atoms with E-state index in [1.807, 2.05) is 50.3 Å². The molecule has 0 aliphatic heterocycles. The summed E-state index contributed by atoms with van der Waals surface area (Å²) in [5.74, 6) is -0.0939. The summed E-state index contributed by atoms with van der Waals surface area (Å²) >= 11 is 0. The summed E-state index contributed by atoms with van der Waals surface area (Å²) in [4.78, 5) is 23.5. The van der Waals surface area contributed by atoms with Gasteiger partial charge in [0.25, 0.3) is 5.91 Å². The molecule has 0 spiro atoms. The topological polar surface area (TPSA) is 58.2 Å². The van der Waals surface area contributed by atoms with Crippen LogP contribution in [-0.2, 0) is 4.79 Å². The zero-order chi connectivity index (χ0) is 17.1. The molecule has 1 rings (SSSR count). The highest BCUT2D eigenvalue weighted by molar-refractivity contribution is 5.94. The van der Waals surface area contributed by atoms with Crippen molar-refractivity contribution in [3.05, 3.63) is 53.1 Å². The van der Waals surface area contributed by atoms with Gasteiger partial charge < -0.3 is 10.6 Å². The number of allylic oxidation sites excluding steroid dienone is 2. The number of nitrogens with one attached hydrogen (secondary N) is 2. The van der Waals surface area contributed by atoms with Gasteiger partial charge in [0.2, 0.25) is 5.91 Å². The minimum Gasteiger partial charge on any atom is -0.352 e. The van der Waals surface area contributed by atoms with Crippen molar-refractivity contribution < 1.29 is 9.59 Å². The molecule has 124 valence electrons. The van der Waals surface area contributed by atoms with Crippen LogP contribution in [0.4, 0.5) is 0 Å². The zero-order valence-electron chi connectivity index (χ0n) is 14.2. The average molecular weight is 314 g/mol. The van der Waals surface area contributed by atoms with Gasteiger partial charge in [-0.2, -0.15) is 0 Å². The molecule has 0 radical (unpaired) electrons. The van der Waals surface area contributed by atoms with Gasteiger partial charge in [-0.25, -0.2) is 0 Å². The number of rotatable bonds is 8. The minimum absolute atomic E-state index is 0.0299. The quantitative estimate of drug-likeness (QED) is 0.571. The predicted molar refractivity (Wildman–Crippen MR) is 95.2 cm³/mol. The Balaban J connectivity index is 2.23. The first-order chi connectivity index (χ1) is 11.1. The summed E-state index contributed by atoms with van der Waals surface area (Å²) in [5.41, 5.74) is 2.46. The molecule has 4 nitrogen and oxygen atoms in total. The van der Waals surface area contributed by atoms with Gasteiger partial charge >= 0.3 is 0 Å². The van der Waals surface area contributed by atoms with E-state index in [1.54, 1.807) is 13.0 Å². The Morgan fingerprint density at radius 3 is 2.17 bits per heavy atom. The van der Waals surface area contributed by atoms with Crippen LogP contribution in [0.15, 0.2) is 42.0 Å². The van der Waals surface area contributed by atoms with Gasteiger partial charge in [-0.3, -0.25) is 9.59 Å². The van der Waals surface area contributed by atoms with Crippen LogP contribution in [0.2, 0.25) is 0 Å². The molecular formula is C19H26N2O2. The summed E-state index contributed by atoms with van der Waals surface area (Å²) in [5, 5.41) is 5.74. The molecule has 23 heavy (non-hydrogen) atoms. The zero-order valence-corrected chi connectivity index (χ0v) is 14.2. The van der Waals surface area contributed by atoms with Crippen LogP contribution in [-0.4, -0.2) is 24.9 Å². The molecule has 0 aromatic heterocycles. The summed E-state index contributed by atoms with van der Waals surface area (Å²) in [6, 6.07) is 7.50. The molecule has 0 saturated carbocycles. The van der Waals surface area contributed by atoms with E-state index in [2.05, 4.69) is 10.6 Å². The molecular weight excluding hydrogens is 288 g/mol. The van der Waals surface area contributed by atoms with Crippen molar-refractivity contribution in [2.24, 2.45) is 0 Å². The van der Waals surface area contributed by atoms with Crippen molar-refractivity contribution in [3.8, 4) is 0 Å². The lowest BCUT2D eigenvalue weighted by molar-refractivity contribution is -0.117. The van der Waals surface area contributed by atoms with Crippen LogP contribution in [0.5, 0.6) is 0 Å². The standard InChI is InChI=1S/C19H26N2O2/c1-4-8-16-9-11-17(12-10-16)19(23)21-14-7-6-13-20-18(22)15(3)5-2/h4-5,8-12H,6-7,13-14H2,1-3H3,(H,20,22)(H,21,23)/b8-4+,15-5+.